The molecule has 42 heavy (non-hydrogen) atoms. The van der Waals surface area contributed by atoms with Gasteiger partial charge in [-0.15, -0.1) is 0 Å². The summed E-state index contributed by atoms with van der Waals surface area (Å²) in [6, 6.07) is 15.1. The van der Waals surface area contributed by atoms with E-state index in [-0.39, 0.29) is 35.2 Å². The van der Waals surface area contributed by atoms with Gasteiger partial charge in [-0.05, 0) is 48.5 Å². The molecule has 0 saturated heterocycles. The maximum Gasteiger partial charge on any atom is 0.268 e. The monoisotopic (exact) mass is 574 g/mol. The summed E-state index contributed by atoms with van der Waals surface area (Å²) in [6.45, 7) is 0.0732. The predicted octanol–water partition coefficient (Wildman–Crippen LogP) is 5.27. The Hall–Kier alpha value is -5.36. The Morgan fingerprint density at radius 2 is 1.69 bits per heavy atom. The number of benzene rings is 2. The molecule has 0 bridgehead atoms. The fourth-order valence-electron chi connectivity index (χ4n) is 4.25. The number of halogens is 2. The third kappa shape index (κ3) is 5.60. The Morgan fingerprint density at radius 1 is 0.905 bits per heavy atom. The van der Waals surface area contributed by atoms with Gasteiger partial charge < -0.3 is 24.3 Å². The highest BCUT2D eigenvalue weighted by Gasteiger charge is 2.19. The zero-order chi connectivity index (χ0) is 29.8. The molecule has 5 aromatic rings. The molecule has 1 amide bonds. The molecule has 10 nitrogen and oxygen atoms in total. The molecule has 12 heteroatoms. The normalized spacial score (nSPS) is 10.9. The lowest BCUT2D eigenvalue weighted by Gasteiger charge is -2.15. The van der Waals surface area contributed by atoms with Gasteiger partial charge in [0.1, 0.15) is 16.9 Å². The van der Waals surface area contributed by atoms with Crippen molar-refractivity contribution < 1.29 is 32.5 Å². The SMILES string of the molecule is COCc1ccc(C(=O)Nc2ccc(Oc3ccnc4cc(OC)c(OC)nc34)c(F)c2)c(=O)n1-c1ccc(F)cc1. The molecule has 0 unspecified atom stereocenters. The summed E-state index contributed by atoms with van der Waals surface area (Å²) >= 11 is 0. The molecule has 0 aliphatic rings. The lowest BCUT2D eigenvalue weighted by atomic mass is 10.2. The number of anilines is 1. The van der Waals surface area contributed by atoms with Crippen LogP contribution in [0.25, 0.3) is 16.7 Å². The molecule has 3 aromatic heterocycles. The summed E-state index contributed by atoms with van der Waals surface area (Å²) in [4.78, 5) is 35.0. The lowest BCUT2D eigenvalue weighted by Crippen LogP contribution is -2.30. The van der Waals surface area contributed by atoms with Crippen molar-refractivity contribution in [2.75, 3.05) is 26.6 Å². The second-order valence-electron chi connectivity index (χ2n) is 8.87. The van der Waals surface area contributed by atoms with Gasteiger partial charge in [0.25, 0.3) is 17.3 Å². The van der Waals surface area contributed by atoms with E-state index in [2.05, 4.69) is 15.3 Å². The summed E-state index contributed by atoms with van der Waals surface area (Å²) < 4.78 is 51.3. The Morgan fingerprint density at radius 3 is 2.38 bits per heavy atom. The number of nitrogens with zero attached hydrogens (tertiary/aromatic N) is 3. The van der Waals surface area contributed by atoms with Gasteiger partial charge in [0.15, 0.2) is 23.1 Å². The van der Waals surface area contributed by atoms with Crippen LogP contribution in [0.4, 0.5) is 14.5 Å². The zero-order valence-corrected chi connectivity index (χ0v) is 22.7. The Bertz CT molecular complexity index is 1840. The summed E-state index contributed by atoms with van der Waals surface area (Å²) in [6.07, 6.45) is 1.48. The van der Waals surface area contributed by atoms with E-state index in [4.69, 9.17) is 18.9 Å². The van der Waals surface area contributed by atoms with E-state index in [1.165, 1.54) is 80.6 Å². The predicted molar refractivity (Wildman–Crippen MR) is 150 cm³/mol. The number of carbonyl (C=O) groups is 1. The highest BCUT2D eigenvalue weighted by molar-refractivity contribution is 6.04. The van der Waals surface area contributed by atoms with Crippen LogP contribution >= 0.6 is 0 Å². The number of methoxy groups -OCH3 is 3. The number of aromatic nitrogens is 3. The van der Waals surface area contributed by atoms with E-state index in [1.807, 2.05) is 0 Å². The summed E-state index contributed by atoms with van der Waals surface area (Å²) in [5, 5.41) is 2.54. The summed E-state index contributed by atoms with van der Waals surface area (Å²) in [5.74, 6) is -1.37. The molecule has 5 rings (SSSR count). The second kappa shape index (κ2) is 12.0. The molecule has 0 saturated carbocycles. The van der Waals surface area contributed by atoms with Crippen LogP contribution in [0.2, 0.25) is 0 Å². The van der Waals surface area contributed by atoms with Crippen molar-refractivity contribution in [1.82, 2.24) is 14.5 Å². The Labute approximate surface area is 238 Å². The summed E-state index contributed by atoms with van der Waals surface area (Å²) in [7, 11) is 4.37. The zero-order valence-electron chi connectivity index (χ0n) is 22.7. The van der Waals surface area contributed by atoms with Gasteiger partial charge in [-0.25, -0.2) is 13.8 Å². The average Bonchev–Trinajstić information content (AvgIpc) is 2.99. The third-order valence-corrected chi connectivity index (χ3v) is 6.22. The fourth-order valence-corrected chi connectivity index (χ4v) is 4.25. The van der Waals surface area contributed by atoms with Crippen LogP contribution in [0.1, 0.15) is 16.1 Å². The molecule has 3 heterocycles. The quantitative estimate of drug-likeness (QED) is 0.253. The molecule has 0 fully saturated rings. The molecule has 0 spiro atoms. The van der Waals surface area contributed by atoms with E-state index in [1.54, 1.807) is 12.1 Å². The van der Waals surface area contributed by atoms with Crippen molar-refractivity contribution in [3.8, 4) is 28.8 Å². The van der Waals surface area contributed by atoms with Crippen LogP contribution in [0, 0.1) is 11.6 Å². The number of amides is 1. The fraction of sp³-hybridized carbons (Fsp3) is 0.133. The van der Waals surface area contributed by atoms with Gasteiger partial charge in [-0.3, -0.25) is 19.1 Å². The number of pyridine rings is 3. The molecule has 2 aromatic carbocycles. The minimum Gasteiger partial charge on any atom is -0.491 e. The molecule has 0 aliphatic heterocycles. The van der Waals surface area contributed by atoms with Crippen molar-refractivity contribution >= 4 is 22.6 Å². The van der Waals surface area contributed by atoms with Gasteiger partial charge in [0, 0.05) is 42.9 Å². The molecule has 1 N–H and O–H groups in total. The molecular formula is C30H24F2N4O6. The minimum absolute atomic E-state index is 0.0732. The number of rotatable bonds is 9. The second-order valence-corrected chi connectivity index (χ2v) is 8.87. The summed E-state index contributed by atoms with van der Waals surface area (Å²) in [5.41, 5.74) is 0.787. The smallest absolute Gasteiger partial charge is 0.268 e. The van der Waals surface area contributed by atoms with Crippen LogP contribution in [-0.4, -0.2) is 41.8 Å². The van der Waals surface area contributed by atoms with E-state index in [0.29, 0.717) is 28.2 Å². The topological polar surface area (TPSA) is 114 Å². The maximum absolute atomic E-state index is 15.1. The van der Waals surface area contributed by atoms with Gasteiger partial charge >= 0.3 is 0 Å². The number of hydrogen-bond donors (Lipinski definition) is 1. The van der Waals surface area contributed by atoms with Crippen LogP contribution in [0.15, 0.2) is 77.7 Å². The number of carbonyl (C=O) groups excluding carboxylic acids is 1. The molecule has 0 aliphatic carbocycles. The van der Waals surface area contributed by atoms with E-state index in [0.717, 1.165) is 6.07 Å². The van der Waals surface area contributed by atoms with E-state index < -0.39 is 23.1 Å². The van der Waals surface area contributed by atoms with Crippen LogP contribution in [-0.2, 0) is 11.3 Å². The third-order valence-electron chi connectivity index (χ3n) is 6.22. The molecule has 214 valence electrons. The Kier molecular flexibility index (Phi) is 8.07. The largest absolute Gasteiger partial charge is 0.491 e. The molecule has 0 atom stereocenters. The van der Waals surface area contributed by atoms with Gasteiger partial charge in [-0.2, -0.15) is 0 Å². The number of nitrogens with one attached hydrogen (secondary N) is 1. The number of ether oxygens (including phenoxy) is 4. The van der Waals surface area contributed by atoms with Gasteiger partial charge in [0.05, 0.1) is 32.0 Å². The molecular weight excluding hydrogens is 550 g/mol. The molecule has 0 radical (unpaired) electrons. The maximum atomic E-state index is 15.1. The van der Waals surface area contributed by atoms with Crippen molar-refractivity contribution in [1.29, 1.82) is 0 Å². The first-order valence-corrected chi connectivity index (χ1v) is 12.5. The first kappa shape index (κ1) is 28.2. The van der Waals surface area contributed by atoms with E-state index >= 15 is 4.39 Å². The highest BCUT2D eigenvalue weighted by Crippen LogP contribution is 2.35. The Balaban J connectivity index is 1.41. The number of hydrogen-bond acceptors (Lipinski definition) is 8. The van der Waals surface area contributed by atoms with Crippen molar-refractivity contribution in [2.45, 2.75) is 6.61 Å². The lowest BCUT2D eigenvalue weighted by molar-refractivity contribution is 0.102. The first-order valence-electron chi connectivity index (χ1n) is 12.5. The van der Waals surface area contributed by atoms with Crippen molar-refractivity contribution in [2.24, 2.45) is 0 Å². The minimum atomic E-state index is -0.780. The standard InChI is InChI=1S/C30H24F2N4O6/c1-39-16-20-9-10-21(30(38)36(20)19-7-4-17(31)5-8-19)28(37)34-18-6-11-24(22(32)14-18)42-25-12-13-33-23-15-26(40-2)29(41-3)35-27(23)25/h4-15H,16H2,1-3H3,(H,34,37). The first-order chi connectivity index (χ1) is 20.3. The van der Waals surface area contributed by atoms with Gasteiger partial charge in [-0.1, -0.05) is 0 Å². The highest BCUT2D eigenvalue weighted by atomic mass is 19.1. The number of fused-ring (bicyclic) bond motifs is 1. The van der Waals surface area contributed by atoms with Crippen molar-refractivity contribution in [3.05, 3.63) is 106 Å². The van der Waals surface area contributed by atoms with Crippen LogP contribution in [0.3, 0.4) is 0 Å². The van der Waals surface area contributed by atoms with Crippen LogP contribution in [0.5, 0.6) is 23.1 Å². The van der Waals surface area contributed by atoms with Crippen LogP contribution < -0.4 is 25.1 Å². The van der Waals surface area contributed by atoms with E-state index in [9.17, 15) is 14.0 Å². The van der Waals surface area contributed by atoms with Gasteiger partial charge in [0.2, 0.25) is 0 Å². The van der Waals surface area contributed by atoms with Crippen molar-refractivity contribution in [3.63, 3.8) is 0 Å². The average molecular weight is 575 g/mol.